The van der Waals surface area contributed by atoms with Crippen LogP contribution in [0.2, 0.25) is 0 Å². The van der Waals surface area contributed by atoms with Crippen molar-refractivity contribution >= 4 is 49.3 Å². The van der Waals surface area contributed by atoms with Crippen molar-refractivity contribution in [3.8, 4) is 0 Å². The first-order valence-corrected chi connectivity index (χ1v) is 11.6. The van der Waals surface area contributed by atoms with Crippen LogP contribution < -0.4 is 10.3 Å². The Labute approximate surface area is 191 Å². The van der Waals surface area contributed by atoms with E-state index in [-0.39, 0.29) is 17.1 Å². The molecule has 5 rings (SSSR count). The molecule has 4 aromatic rings. The molecule has 0 saturated carbocycles. The van der Waals surface area contributed by atoms with E-state index in [9.17, 15) is 9.59 Å². The van der Waals surface area contributed by atoms with E-state index in [0.717, 1.165) is 27.0 Å². The van der Waals surface area contributed by atoms with Gasteiger partial charge in [-0.1, -0.05) is 47.1 Å². The Hall–Kier alpha value is -2.77. The third-order valence-corrected chi connectivity index (χ3v) is 7.32. The van der Waals surface area contributed by atoms with Crippen molar-refractivity contribution in [3.05, 3.63) is 90.2 Å². The van der Waals surface area contributed by atoms with E-state index >= 15 is 0 Å². The van der Waals surface area contributed by atoms with Crippen LogP contribution in [0.1, 0.15) is 50.8 Å². The number of rotatable bonds is 3. The maximum Gasteiger partial charge on any atom is 0.297 e. The molecule has 0 bridgehead atoms. The van der Waals surface area contributed by atoms with Gasteiger partial charge in [0.25, 0.3) is 5.91 Å². The number of aromatic nitrogens is 1. The molecule has 1 atom stereocenters. The Morgan fingerprint density at radius 1 is 1.13 bits per heavy atom. The number of thiazole rings is 1. The van der Waals surface area contributed by atoms with E-state index < -0.39 is 6.04 Å². The molecule has 2 aromatic carbocycles. The number of aryl methyl sites for hydroxylation is 3. The zero-order valence-corrected chi connectivity index (χ0v) is 19.6. The van der Waals surface area contributed by atoms with Gasteiger partial charge in [-0.25, -0.2) is 4.98 Å². The summed E-state index contributed by atoms with van der Waals surface area (Å²) in [7, 11) is 0. The lowest BCUT2D eigenvalue weighted by Gasteiger charge is -2.22. The minimum Gasteiger partial charge on any atom is -0.450 e. The highest BCUT2D eigenvalue weighted by Gasteiger charge is 2.45. The maximum atomic E-state index is 13.6. The van der Waals surface area contributed by atoms with Crippen LogP contribution in [0.25, 0.3) is 11.0 Å². The second kappa shape index (κ2) is 7.43. The summed E-state index contributed by atoms with van der Waals surface area (Å²) in [5.41, 5.74) is 3.49. The van der Waals surface area contributed by atoms with Gasteiger partial charge in [-0.2, -0.15) is 0 Å². The largest absolute Gasteiger partial charge is 0.450 e. The highest BCUT2D eigenvalue weighted by Crippen LogP contribution is 2.43. The number of nitrogens with zero attached hydrogens (tertiary/aromatic N) is 2. The zero-order valence-electron chi connectivity index (χ0n) is 17.2. The molecule has 0 spiro atoms. The number of carbonyl (C=O) groups excluding carboxylic acids is 1. The fourth-order valence-electron chi connectivity index (χ4n) is 3.95. The van der Waals surface area contributed by atoms with Gasteiger partial charge < -0.3 is 4.42 Å². The Kier molecular flexibility index (Phi) is 4.83. The second-order valence-corrected chi connectivity index (χ2v) is 9.72. The Morgan fingerprint density at radius 3 is 2.52 bits per heavy atom. The van der Waals surface area contributed by atoms with Crippen LogP contribution in [-0.4, -0.2) is 10.9 Å². The van der Waals surface area contributed by atoms with Gasteiger partial charge in [0, 0.05) is 9.35 Å². The van der Waals surface area contributed by atoms with E-state index in [4.69, 9.17) is 4.42 Å². The molecular formula is C24H19BrN2O3S. The summed E-state index contributed by atoms with van der Waals surface area (Å²) in [6.07, 6.45) is 0.913. The SMILES string of the molecule is CCc1ccc(C2c3c(oc4ccc(Br)cc4c3=O)C(=O)N2c2nc(C)c(C)s2)cc1. The Bertz CT molecular complexity index is 1390. The molecule has 1 aliphatic rings. The van der Waals surface area contributed by atoms with Crippen LogP contribution in [0.15, 0.2) is 56.1 Å². The normalized spacial score (nSPS) is 15.7. The van der Waals surface area contributed by atoms with Gasteiger partial charge in [-0.15, -0.1) is 11.3 Å². The molecule has 0 aliphatic carbocycles. The molecule has 31 heavy (non-hydrogen) atoms. The smallest absolute Gasteiger partial charge is 0.297 e. The van der Waals surface area contributed by atoms with Crippen molar-refractivity contribution in [2.24, 2.45) is 0 Å². The monoisotopic (exact) mass is 494 g/mol. The molecule has 0 N–H and O–H groups in total. The number of fused-ring (bicyclic) bond motifs is 2. The van der Waals surface area contributed by atoms with Crippen molar-refractivity contribution in [1.82, 2.24) is 4.98 Å². The van der Waals surface area contributed by atoms with Gasteiger partial charge in [0.1, 0.15) is 5.58 Å². The Balaban J connectivity index is 1.80. The molecule has 3 heterocycles. The predicted molar refractivity (Wildman–Crippen MR) is 126 cm³/mol. The van der Waals surface area contributed by atoms with Gasteiger partial charge in [0.2, 0.25) is 5.76 Å². The summed E-state index contributed by atoms with van der Waals surface area (Å²) in [5.74, 6) is -0.245. The van der Waals surface area contributed by atoms with E-state index in [2.05, 4.69) is 27.8 Å². The third kappa shape index (κ3) is 3.15. The maximum absolute atomic E-state index is 13.6. The summed E-state index contributed by atoms with van der Waals surface area (Å²) in [4.78, 5) is 34.4. The van der Waals surface area contributed by atoms with Crippen LogP contribution in [0.3, 0.4) is 0 Å². The van der Waals surface area contributed by atoms with Crippen LogP contribution in [-0.2, 0) is 6.42 Å². The molecule has 156 valence electrons. The number of carbonyl (C=O) groups is 1. The van der Waals surface area contributed by atoms with E-state index in [1.54, 1.807) is 23.1 Å². The fourth-order valence-corrected chi connectivity index (χ4v) is 5.25. The molecular weight excluding hydrogens is 476 g/mol. The number of amides is 1. The minimum absolute atomic E-state index is 0.0925. The quantitative estimate of drug-likeness (QED) is 0.353. The van der Waals surface area contributed by atoms with Crippen molar-refractivity contribution in [3.63, 3.8) is 0 Å². The fraction of sp³-hybridized carbons (Fsp3) is 0.208. The predicted octanol–water partition coefficient (Wildman–Crippen LogP) is 5.94. The van der Waals surface area contributed by atoms with Gasteiger partial charge in [0.05, 0.1) is 22.7 Å². The summed E-state index contributed by atoms with van der Waals surface area (Å²) < 4.78 is 6.78. The van der Waals surface area contributed by atoms with Gasteiger partial charge >= 0.3 is 0 Å². The molecule has 1 unspecified atom stereocenters. The van der Waals surface area contributed by atoms with Gasteiger partial charge in [0.15, 0.2) is 10.6 Å². The van der Waals surface area contributed by atoms with Crippen molar-refractivity contribution < 1.29 is 9.21 Å². The lowest BCUT2D eigenvalue weighted by Crippen LogP contribution is -2.29. The average Bonchev–Trinajstić information content (AvgIpc) is 3.25. The first-order valence-electron chi connectivity index (χ1n) is 10.0. The van der Waals surface area contributed by atoms with Gasteiger partial charge in [-0.05, 0) is 49.6 Å². The number of anilines is 1. The molecule has 1 aliphatic heterocycles. The zero-order chi connectivity index (χ0) is 21.9. The highest BCUT2D eigenvalue weighted by molar-refractivity contribution is 9.10. The van der Waals surface area contributed by atoms with Crippen LogP contribution >= 0.6 is 27.3 Å². The molecule has 0 radical (unpaired) electrons. The van der Waals surface area contributed by atoms with E-state index in [0.29, 0.717) is 21.7 Å². The van der Waals surface area contributed by atoms with Crippen LogP contribution in [0, 0.1) is 13.8 Å². The molecule has 2 aromatic heterocycles. The summed E-state index contributed by atoms with van der Waals surface area (Å²) in [6.45, 7) is 5.99. The summed E-state index contributed by atoms with van der Waals surface area (Å²) >= 11 is 4.88. The van der Waals surface area contributed by atoms with Crippen molar-refractivity contribution in [2.75, 3.05) is 4.90 Å². The topological polar surface area (TPSA) is 63.4 Å². The summed E-state index contributed by atoms with van der Waals surface area (Å²) in [6, 6.07) is 12.7. The van der Waals surface area contributed by atoms with Crippen molar-refractivity contribution in [1.29, 1.82) is 0 Å². The highest BCUT2D eigenvalue weighted by atomic mass is 79.9. The summed E-state index contributed by atoms with van der Waals surface area (Å²) in [5, 5.41) is 1.02. The molecule has 7 heteroatoms. The lowest BCUT2D eigenvalue weighted by molar-refractivity contribution is 0.0971. The molecule has 1 amide bonds. The third-order valence-electron chi connectivity index (χ3n) is 5.76. The molecule has 0 fully saturated rings. The van der Waals surface area contributed by atoms with E-state index in [1.165, 1.54) is 16.9 Å². The number of halogens is 1. The molecule has 0 saturated heterocycles. The number of hydrogen-bond donors (Lipinski definition) is 0. The minimum atomic E-state index is -0.585. The van der Waals surface area contributed by atoms with Crippen molar-refractivity contribution in [2.45, 2.75) is 33.2 Å². The number of hydrogen-bond acceptors (Lipinski definition) is 5. The molecule has 5 nitrogen and oxygen atoms in total. The Morgan fingerprint density at radius 2 is 1.87 bits per heavy atom. The van der Waals surface area contributed by atoms with Crippen LogP contribution in [0.5, 0.6) is 0 Å². The van der Waals surface area contributed by atoms with Crippen LogP contribution in [0.4, 0.5) is 5.13 Å². The standard InChI is InChI=1S/C24H19BrN2O3S/c1-4-14-5-7-15(8-6-14)20-19-21(28)17-11-16(25)9-10-18(17)30-22(19)23(29)27(20)24-26-12(2)13(3)31-24/h5-11,20H,4H2,1-3H3. The first kappa shape index (κ1) is 20.2. The number of benzene rings is 2. The first-order chi connectivity index (χ1) is 14.9. The lowest BCUT2D eigenvalue weighted by atomic mass is 9.97. The average molecular weight is 495 g/mol. The second-order valence-electron chi connectivity index (χ2n) is 7.63. The van der Waals surface area contributed by atoms with E-state index in [1.807, 2.05) is 38.1 Å². The van der Waals surface area contributed by atoms with Gasteiger partial charge in [-0.3, -0.25) is 14.5 Å².